The highest BCUT2D eigenvalue weighted by Gasteiger charge is 2.25. The van der Waals surface area contributed by atoms with Gasteiger partial charge in [-0.2, -0.15) is 0 Å². The molecule has 0 aliphatic heterocycles. The molecule has 108 valence electrons. The molecule has 0 bridgehead atoms. The molecule has 0 heterocycles. The van der Waals surface area contributed by atoms with Crippen LogP contribution in [0.5, 0.6) is 0 Å². The van der Waals surface area contributed by atoms with E-state index in [-0.39, 0.29) is 17.3 Å². The molecule has 0 saturated heterocycles. The second-order valence-electron chi connectivity index (χ2n) is 4.89. The average molecular weight is 343 g/mol. The summed E-state index contributed by atoms with van der Waals surface area (Å²) in [6, 6.07) is 3.81. The quantitative estimate of drug-likeness (QED) is 0.651. The molecule has 2 N–H and O–H groups in total. The van der Waals surface area contributed by atoms with Crippen molar-refractivity contribution in [3.63, 3.8) is 0 Å². The number of aliphatic hydroxyl groups is 1. The molecule has 1 amide bonds. The minimum absolute atomic E-state index is 0.145. The van der Waals surface area contributed by atoms with Gasteiger partial charge < -0.3 is 10.4 Å². The van der Waals surface area contributed by atoms with E-state index in [9.17, 15) is 20.0 Å². The number of rotatable bonds is 3. The molecule has 0 radical (unpaired) electrons. The molecule has 7 heteroatoms. The monoisotopic (exact) mass is 342 g/mol. The van der Waals surface area contributed by atoms with Crippen LogP contribution in [0.25, 0.3) is 0 Å². The summed E-state index contributed by atoms with van der Waals surface area (Å²) < 4.78 is 0.473. The largest absolute Gasteiger partial charge is 0.391 e. The zero-order chi connectivity index (χ0) is 14.7. The highest BCUT2D eigenvalue weighted by molar-refractivity contribution is 9.10. The summed E-state index contributed by atoms with van der Waals surface area (Å²) >= 11 is 3.15. The van der Waals surface area contributed by atoms with E-state index >= 15 is 0 Å². The standard InChI is InChI=1S/C13H15BrN2O4/c14-9-5-8(6-10(7-9)16(19)20)13(18)15-11-3-1-2-4-12(11)17/h5-7,11-12,17H,1-4H2,(H,15,18). The van der Waals surface area contributed by atoms with Crippen LogP contribution >= 0.6 is 15.9 Å². The summed E-state index contributed by atoms with van der Waals surface area (Å²) in [4.78, 5) is 22.4. The molecular formula is C13H15BrN2O4. The highest BCUT2D eigenvalue weighted by Crippen LogP contribution is 2.23. The molecule has 1 fully saturated rings. The Morgan fingerprint density at radius 1 is 1.35 bits per heavy atom. The van der Waals surface area contributed by atoms with Crippen molar-refractivity contribution in [2.75, 3.05) is 0 Å². The number of hydrogen-bond acceptors (Lipinski definition) is 4. The Morgan fingerprint density at radius 2 is 2.05 bits per heavy atom. The predicted octanol–water partition coefficient (Wildman–Crippen LogP) is 2.39. The highest BCUT2D eigenvalue weighted by atomic mass is 79.9. The molecule has 2 rings (SSSR count). The van der Waals surface area contributed by atoms with Crippen molar-refractivity contribution in [1.29, 1.82) is 0 Å². The van der Waals surface area contributed by atoms with E-state index in [0.717, 1.165) is 19.3 Å². The summed E-state index contributed by atoms with van der Waals surface area (Å²) in [6.07, 6.45) is 2.76. The normalized spacial score (nSPS) is 22.3. The van der Waals surface area contributed by atoms with Gasteiger partial charge in [0.1, 0.15) is 0 Å². The van der Waals surface area contributed by atoms with Crippen LogP contribution in [-0.4, -0.2) is 28.1 Å². The van der Waals surface area contributed by atoms with Crippen LogP contribution in [0.1, 0.15) is 36.0 Å². The number of aliphatic hydroxyl groups excluding tert-OH is 1. The van der Waals surface area contributed by atoms with Gasteiger partial charge in [0.2, 0.25) is 0 Å². The lowest BCUT2D eigenvalue weighted by Gasteiger charge is -2.28. The number of benzene rings is 1. The van der Waals surface area contributed by atoms with Gasteiger partial charge in [-0.1, -0.05) is 28.8 Å². The Balaban J connectivity index is 2.14. The topological polar surface area (TPSA) is 92.5 Å². The first-order valence-corrected chi connectivity index (χ1v) is 7.20. The zero-order valence-corrected chi connectivity index (χ0v) is 12.3. The Kier molecular flexibility index (Phi) is 4.72. The van der Waals surface area contributed by atoms with Crippen molar-refractivity contribution in [2.24, 2.45) is 0 Å². The second kappa shape index (κ2) is 6.32. The fourth-order valence-corrected chi connectivity index (χ4v) is 2.82. The smallest absolute Gasteiger partial charge is 0.271 e. The number of nitrogens with zero attached hydrogens (tertiary/aromatic N) is 1. The number of amides is 1. The van der Waals surface area contributed by atoms with Crippen LogP contribution in [0.3, 0.4) is 0 Å². The Hall–Kier alpha value is -1.47. The van der Waals surface area contributed by atoms with Crippen LogP contribution in [0.15, 0.2) is 22.7 Å². The molecule has 0 aromatic heterocycles. The van der Waals surface area contributed by atoms with Crippen LogP contribution < -0.4 is 5.32 Å². The first kappa shape index (κ1) is 14.9. The third kappa shape index (κ3) is 3.55. The molecule has 2 atom stereocenters. The van der Waals surface area contributed by atoms with Crippen LogP contribution in [-0.2, 0) is 0 Å². The van der Waals surface area contributed by atoms with E-state index in [1.54, 1.807) is 0 Å². The fourth-order valence-electron chi connectivity index (χ4n) is 2.34. The summed E-state index contributed by atoms with van der Waals surface area (Å²) in [5.41, 5.74) is 0.0672. The van der Waals surface area contributed by atoms with Gasteiger partial charge in [-0.3, -0.25) is 14.9 Å². The number of nitro groups is 1. The molecule has 1 aliphatic rings. The number of carbonyl (C=O) groups is 1. The maximum Gasteiger partial charge on any atom is 0.271 e. The van der Waals surface area contributed by atoms with Gasteiger partial charge in [-0.05, 0) is 18.9 Å². The number of hydrogen-bond donors (Lipinski definition) is 2. The van der Waals surface area contributed by atoms with Crippen LogP contribution in [0.2, 0.25) is 0 Å². The van der Waals surface area contributed by atoms with Gasteiger partial charge in [0.25, 0.3) is 11.6 Å². The van der Waals surface area contributed by atoms with E-state index in [4.69, 9.17) is 0 Å². The third-order valence-electron chi connectivity index (χ3n) is 3.40. The minimum atomic E-state index is -0.546. The molecule has 1 aromatic carbocycles. The lowest BCUT2D eigenvalue weighted by atomic mass is 9.92. The van der Waals surface area contributed by atoms with E-state index in [0.29, 0.717) is 10.9 Å². The molecule has 0 spiro atoms. The lowest BCUT2D eigenvalue weighted by Crippen LogP contribution is -2.45. The predicted molar refractivity (Wildman–Crippen MR) is 76.5 cm³/mol. The molecule has 1 aromatic rings. The molecule has 1 saturated carbocycles. The summed E-state index contributed by atoms with van der Waals surface area (Å²) in [6.45, 7) is 0. The summed E-state index contributed by atoms with van der Waals surface area (Å²) in [5, 5.41) is 23.4. The van der Waals surface area contributed by atoms with Crippen molar-refractivity contribution in [3.05, 3.63) is 38.3 Å². The Bertz CT molecular complexity index is 535. The lowest BCUT2D eigenvalue weighted by molar-refractivity contribution is -0.385. The summed E-state index contributed by atoms with van der Waals surface area (Å²) in [5.74, 6) is -0.402. The minimum Gasteiger partial charge on any atom is -0.391 e. The molecular weight excluding hydrogens is 328 g/mol. The second-order valence-corrected chi connectivity index (χ2v) is 5.80. The zero-order valence-electron chi connectivity index (χ0n) is 10.7. The SMILES string of the molecule is O=C(NC1CCCCC1O)c1cc(Br)cc([N+](=O)[O-])c1. The van der Waals surface area contributed by atoms with Gasteiger partial charge in [0, 0.05) is 22.2 Å². The number of carbonyl (C=O) groups excluding carboxylic acids is 1. The number of nitro benzene ring substituents is 1. The Labute approximate surface area is 124 Å². The van der Waals surface area contributed by atoms with Crippen molar-refractivity contribution in [1.82, 2.24) is 5.32 Å². The van der Waals surface area contributed by atoms with Crippen molar-refractivity contribution < 1.29 is 14.8 Å². The van der Waals surface area contributed by atoms with Gasteiger partial charge in [0.05, 0.1) is 17.1 Å². The molecule has 6 nitrogen and oxygen atoms in total. The van der Waals surface area contributed by atoms with Crippen LogP contribution in [0, 0.1) is 10.1 Å². The van der Waals surface area contributed by atoms with Gasteiger partial charge in [0.15, 0.2) is 0 Å². The van der Waals surface area contributed by atoms with Gasteiger partial charge >= 0.3 is 0 Å². The third-order valence-corrected chi connectivity index (χ3v) is 3.86. The first-order chi connectivity index (χ1) is 9.47. The van der Waals surface area contributed by atoms with E-state index < -0.39 is 16.9 Å². The maximum absolute atomic E-state index is 12.1. The van der Waals surface area contributed by atoms with Crippen molar-refractivity contribution >= 4 is 27.5 Å². The van der Waals surface area contributed by atoms with Crippen molar-refractivity contribution in [3.8, 4) is 0 Å². The molecule has 20 heavy (non-hydrogen) atoms. The van der Waals surface area contributed by atoms with Crippen LogP contribution in [0.4, 0.5) is 5.69 Å². The fraction of sp³-hybridized carbons (Fsp3) is 0.462. The number of halogens is 1. The first-order valence-electron chi connectivity index (χ1n) is 6.41. The molecule has 1 aliphatic carbocycles. The average Bonchev–Trinajstić information content (AvgIpc) is 2.40. The molecule has 2 unspecified atom stereocenters. The number of non-ortho nitro benzene ring substituents is 1. The van der Waals surface area contributed by atoms with Gasteiger partial charge in [-0.25, -0.2) is 0 Å². The number of nitrogens with one attached hydrogen (secondary N) is 1. The maximum atomic E-state index is 12.1. The van der Waals surface area contributed by atoms with E-state index in [1.807, 2.05) is 0 Å². The van der Waals surface area contributed by atoms with Crippen molar-refractivity contribution in [2.45, 2.75) is 37.8 Å². The summed E-state index contributed by atoms with van der Waals surface area (Å²) in [7, 11) is 0. The van der Waals surface area contributed by atoms with E-state index in [1.165, 1.54) is 18.2 Å². The Morgan fingerprint density at radius 3 is 2.70 bits per heavy atom. The van der Waals surface area contributed by atoms with Gasteiger partial charge in [-0.15, -0.1) is 0 Å². The van der Waals surface area contributed by atoms with E-state index in [2.05, 4.69) is 21.2 Å².